The van der Waals surface area contributed by atoms with E-state index in [0.717, 1.165) is 12.4 Å². The summed E-state index contributed by atoms with van der Waals surface area (Å²) in [4.78, 5) is 6.49. The van der Waals surface area contributed by atoms with Crippen LogP contribution in [0, 0.1) is 5.92 Å². The Hall–Kier alpha value is -0.900. The Morgan fingerprint density at radius 3 is 2.80 bits per heavy atom. The highest BCUT2D eigenvalue weighted by Gasteiger charge is 2.30. The van der Waals surface area contributed by atoms with Crippen molar-refractivity contribution in [2.24, 2.45) is 5.92 Å². The van der Waals surface area contributed by atoms with Crippen LogP contribution in [0.4, 0.5) is 5.82 Å². The van der Waals surface area contributed by atoms with Gasteiger partial charge < -0.3 is 4.90 Å². The lowest BCUT2D eigenvalue weighted by molar-refractivity contribution is 0.600. The summed E-state index contributed by atoms with van der Waals surface area (Å²) in [6, 6.07) is 0.625. The first-order chi connectivity index (χ1) is 7.16. The summed E-state index contributed by atoms with van der Waals surface area (Å²) in [5, 5.41) is 7.72. The zero-order chi connectivity index (χ0) is 10.8. The molecule has 0 saturated heterocycles. The molecule has 82 valence electrons. The monoisotopic (exact) mass is 226 g/mol. The number of nitrogens with zero attached hydrogens (tertiary/aromatic N) is 4. The smallest absolute Gasteiger partial charge is 0.244 e. The molecule has 0 aromatic carbocycles. The average molecular weight is 227 g/mol. The van der Waals surface area contributed by atoms with Crippen molar-refractivity contribution in [2.75, 3.05) is 11.4 Å². The van der Waals surface area contributed by atoms with Crippen molar-refractivity contribution in [1.29, 1.82) is 0 Å². The van der Waals surface area contributed by atoms with E-state index in [-0.39, 0.29) is 5.28 Å². The van der Waals surface area contributed by atoms with Crippen LogP contribution in [0.1, 0.15) is 26.7 Å². The Bertz CT molecular complexity index is 338. The second-order valence-corrected chi connectivity index (χ2v) is 4.70. The van der Waals surface area contributed by atoms with Gasteiger partial charge in [-0.25, -0.2) is 0 Å². The lowest BCUT2D eigenvalue weighted by Crippen LogP contribution is -2.30. The van der Waals surface area contributed by atoms with Crippen molar-refractivity contribution in [3.05, 3.63) is 11.5 Å². The quantitative estimate of drug-likeness (QED) is 0.789. The largest absolute Gasteiger partial charge is 0.352 e. The molecular formula is C10H15ClN4. The zero-order valence-corrected chi connectivity index (χ0v) is 9.78. The molecule has 0 bridgehead atoms. The minimum absolute atomic E-state index is 0.224. The molecule has 0 amide bonds. The third-order valence-corrected chi connectivity index (χ3v) is 2.52. The van der Waals surface area contributed by atoms with Gasteiger partial charge in [0.15, 0.2) is 5.82 Å². The van der Waals surface area contributed by atoms with Crippen molar-refractivity contribution in [1.82, 2.24) is 15.2 Å². The van der Waals surface area contributed by atoms with Crippen LogP contribution in [-0.2, 0) is 0 Å². The first-order valence-electron chi connectivity index (χ1n) is 5.28. The lowest BCUT2D eigenvalue weighted by atomic mass is 10.2. The van der Waals surface area contributed by atoms with Gasteiger partial charge in [0.05, 0.1) is 6.20 Å². The molecule has 0 spiro atoms. The van der Waals surface area contributed by atoms with Gasteiger partial charge in [-0.15, -0.1) is 5.10 Å². The lowest BCUT2D eigenvalue weighted by Gasteiger charge is -2.24. The summed E-state index contributed by atoms with van der Waals surface area (Å²) in [6.45, 7) is 5.40. The van der Waals surface area contributed by atoms with Gasteiger partial charge in [-0.3, -0.25) is 0 Å². The highest BCUT2D eigenvalue weighted by molar-refractivity contribution is 6.28. The fraction of sp³-hybridized carbons (Fsp3) is 0.700. The molecule has 0 aliphatic heterocycles. The highest BCUT2D eigenvalue weighted by Crippen LogP contribution is 2.31. The van der Waals surface area contributed by atoms with Gasteiger partial charge in [0, 0.05) is 12.6 Å². The fourth-order valence-electron chi connectivity index (χ4n) is 1.62. The SMILES string of the molecule is CC(C)CN(c1cnnc(Cl)n1)C1CC1. The summed E-state index contributed by atoms with van der Waals surface area (Å²) in [7, 11) is 0. The molecule has 2 rings (SSSR count). The van der Waals surface area contributed by atoms with Crippen LogP contribution >= 0.6 is 11.6 Å². The molecule has 15 heavy (non-hydrogen) atoms. The fourth-order valence-corrected chi connectivity index (χ4v) is 1.75. The van der Waals surface area contributed by atoms with Crippen molar-refractivity contribution in [3.8, 4) is 0 Å². The molecule has 1 aromatic heterocycles. The van der Waals surface area contributed by atoms with Crippen molar-refractivity contribution >= 4 is 17.4 Å². The Morgan fingerprint density at radius 1 is 1.53 bits per heavy atom. The van der Waals surface area contributed by atoms with Crippen LogP contribution in [0.2, 0.25) is 5.28 Å². The average Bonchev–Trinajstić information content (AvgIpc) is 2.97. The summed E-state index contributed by atoms with van der Waals surface area (Å²) >= 11 is 5.74. The van der Waals surface area contributed by atoms with Crippen LogP contribution in [0.15, 0.2) is 6.20 Å². The van der Waals surface area contributed by atoms with Crippen LogP contribution in [0.25, 0.3) is 0 Å². The standard InChI is InChI=1S/C10H15ClN4/c1-7(2)6-15(8-3-4-8)9-5-12-14-10(11)13-9/h5,7-8H,3-4,6H2,1-2H3. The summed E-state index contributed by atoms with van der Waals surface area (Å²) in [6.07, 6.45) is 4.18. The Balaban J connectivity index is 2.16. The normalized spacial score (nSPS) is 15.7. The molecule has 1 heterocycles. The van der Waals surface area contributed by atoms with Gasteiger partial charge >= 0.3 is 0 Å². The highest BCUT2D eigenvalue weighted by atomic mass is 35.5. The van der Waals surface area contributed by atoms with Gasteiger partial charge in [0.1, 0.15) is 0 Å². The Morgan fingerprint density at radius 2 is 2.27 bits per heavy atom. The maximum absolute atomic E-state index is 5.74. The Kier molecular flexibility index (Phi) is 3.05. The predicted molar refractivity (Wildman–Crippen MR) is 60.0 cm³/mol. The van der Waals surface area contributed by atoms with E-state index in [0.29, 0.717) is 12.0 Å². The third-order valence-electron chi connectivity index (χ3n) is 2.36. The number of hydrogen-bond acceptors (Lipinski definition) is 4. The molecule has 1 aliphatic rings. The van der Waals surface area contributed by atoms with Gasteiger partial charge in [0.2, 0.25) is 5.28 Å². The van der Waals surface area contributed by atoms with Gasteiger partial charge in [0.25, 0.3) is 0 Å². The molecule has 0 radical (unpaired) electrons. The maximum atomic E-state index is 5.74. The molecule has 4 nitrogen and oxygen atoms in total. The molecule has 0 atom stereocenters. The number of hydrogen-bond donors (Lipinski definition) is 0. The number of aromatic nitrogens is 3. The minimum Gasteiger partial charge on any atom is -0.352 e. The summed E-state index contributed by atoms with van der Waals surface area (Å²) < 4.78 is 0. The second kappa shape index (κ2) is 4.31. The molecule has 1 saturated carbocycles. The van der Waals surface area contributed by atoms with E-state index >= 15 is 0 Å². The van der Waals surface area contributed by atoms with E-state index < -0.39 is 0 Å². The van der Waals surface area contributed by atoms with Crippen molar-refractivity contribution in [3.63, 3.8) is 0 Å². The molecule has 1 aromatic rings. The zero-order valence-electron chi connectivity index (χ0n) is 9.02. The van der Waals surface area contributed by atoms with Gasteiger partial charge in [-0.2, -0.15) is 10.1 Å². The van der Waals surface area contributed by atoms with Crippen molar-refractivity contribution < 1.29 is 0 Å². The first kappa shape index (κ1) is 10.6. The maximum Gasteiger partial charge on any atom is 0.244 e. The number of halogens is 1. The van der Waals surface area contributed by atoms with Crippen LogP contribution in [-0.4, -0.2) is 27.8 Å². The van der Waals surface area contributed by atoms with E-state index in [1.807, 2.05) is 0 Å². The van der Waals surface area contributed by atoms with Crippen LogP contribution in [0.5, 0.6) is 0 Å². The Labute approximate surface area is 94.7 Å². The third kappa shape index (κ3) is 2.78. The van der Waals surface area contributed by atoms with Gasteiger partial charge in [-0.05, 0) is 30.4 Å². The summed E-state index contributed by atoms with van der Waals surface area (Å²) in [5.41, 5.74) is 0. The molecule has 0 N–H and O–H groups in total. The minimum atomic E-state index is 0.224. The van der Waals surface area contributed by atoms with Gasteiger partial charge in [-0.1, -0.05) is 13.8 Å². The second-order valence-electron chi connectivity index (χ2n) is 4.36. The number of rotatable bonds is 4. The van der Waals surface area contributed by atoms with E-state index in [1.165, 1.54) is 12.8 Å². The first-order valence-corrected chi connectivity index (χ1v) is 5.66. The van der Waals surface area contributed by atoms with E-state index in [4.69, 9.17) is 11.6 Å². The van der Waals surface area contributed by atoms with E-state index in [2.05, 4.69) is 33.9 Å². The number of anilines is 1. The molecular weight excluding hydrogens is 212 g/mol. The van der Waals surface area contributed by atoms with Crippen molar-refractivity contribution in [2.45, 2.75) is 32.7 Å². The molecule has 1 aliphatic carbocycles. The molecule has 5 heteroatoms. The van der Waals surface area contributed by atoms with E-state index in [9.17, 15) is 0 Å². The van der Waals surface area contributed by atoms with Crippen LogP contribution < -0.4 is 4.90 Å². The topological polar surface area (TPSA) is 41.9 Å². The van der Waals surface area contributed by atoms with E-state index in [1.54, 1.807) is 6.20 Å². The molecule has 1 fully saturated rings. The van der Waals surface area contributed by atoms with Crippen LogP contribution in [0.3, 0.4) is 0 Å². The summed E-state index contributed by atoms with van der Waals surface area (Å²) in [5.74, 6) is 1.46. The molecule has 0 unspecified atom stereocenters. The predicted octanol–water partition coefficient (Wildman–Crippen LogP) is 2.15.